The first kappa shape index (κ1) is 20.1. The second-order valence-electron chi connectivity index (χ2n) is 7.48. The van der Waals surface area contributed by atoms with Gasteiger partial charge in [0.05, 0.1) is 6.42 Å². The number of carbonyl (C=O) groups excluding carboxylic acids is 1. The van der Waals surface area contributed by atoms with E-state index in [0.29, 0.717) is 17.4 Å². The van der Waals surface area contributed by atoms with Crippen LogP contribution in [-0.4, -0.2) is 62.8 Å². The predicted molar refractivity (Wildman–Crippen MR) is 108 cm³/mol. The highest BCUT2D eigenvalue weighted by molar-refractivity contribution is 7.98. The molecule has 1 aliphatic heterocycles. The van der Waals surface area contributed by atoms with Crippen molar-refractivity contribution in [2.24, 2.45) is 5.92 Å². The third-order valence-electron chi connectivity index (χ3n) is 5.40. The number of rotatable bonds is 7. The van der Waals surface area contributed by atoms with Crippen LogP contribution in [0.2, 0.25) is 0 Å². The summed E-state index contributed by atoms with van der Waals surface area (Å²) >= 11 is 1.49. The summed E-state index contributed by atoms with van der Waals surface area (Å²) in [6, 6.07) is 0. The molecule has 3 heterocycles. The number of aryl methyl sites for hydroxylation is 2. The summed E-state index contributed by atoms with van der Waals surface area (Å²) in [5.41, 5.74) is 2.71. The molecule has 148 valence electrons. The fourth-order valence-corrected chi connectivity index (χ4v) is 3.91. The zero-order valence-electron chi connectivity index (χ0n) is 16.8. The first-order chi connectivity index (χ1) is 13.0. The monoisotopic (exact) mass is 390 g/mol. The van der Waals surface area contributed by atoms with Crippen molar-refractivity contribution < 1.29 is 4.79 Å². The number of thioether (sulfide) groups is 1. The largest absolute Gasteiger partial charge is 0.356 e. The van der Waals surface area contributed by atoms with Crippen LogP contribution in [0.25, 0.3) is 5.78 Å². The maximum absolute atomic E-state index is 12.4. The van der Waals surface area contributed by atoms with Crippen molar-refractivity contribution in [3.8, 4) is 0 Å². The second kappa shape index (κ2) is 9.01. The van der Waals surface area contributed by atoms with Gasteiger partial charge >= 0.3 is 0 Å². The highest BCUT2D eigenvalue weighted by Gasteiger charge is 2.17. The minimum Gasteiger partial charge on any atom is -0.356 e. The maximum Gasteiger partial charge on any atom is 0.253 e. The summed E-state index contributed by atoms with van der Waals surface area (Å²) in [6.07, 6.45) is 5.85. The van der Waals surface area contributed by atoms with Gasteiger partial charge in [0.1, 0.15) is 0 Å². The van der Waals surface area contributed by atoms with Gasteiger partial charge < -0.3 is 10.2 Å². The van der Waals surface area contributed by atoms with Crippen molar-refractivity contribution in [2.45, 2.75) is 51.6 Å². The van der Waals surface area contributed by atoms with Crippen LogP contribution in [0.3, 0.4) is 0 Å². The van der Waals surface area contributed by atoms with Gasteiger partial charge in [0, 0.05) is 23.5 Å². The Bertz CT molecular complexity index is 797. The van der Waals surface area contributed by atoms with E-state index in [2.05, 4.69) is 32.2 Å². The van der Waals surface area contributed by atoms with Gasteiger partial charge in [-0.25, -0.2) is 9.50 Å². The van der Waals surface area contributed by atoms with Gasteiger partial charge in [-0.2, -0.15) is 4.98 Å². The van der Waals surface area contributed by atoms with Gasteiger partial charge in [0.25, 0.3) is 5.78 Å². The number of piperidine rings is 1. The van der Waals surface area contributed by atoms with Crippen LogP contribution < -0.4 is 5.32 Å². The Balaban J connectivity index is 1.51. The summed E-state index contributed by atoms with van der Waals surface area (Å²) in [4.78, 5) is 23.8. The summed E-state index contributed by atoms with van der Waals surface area (Å²) in [7, 11) is 0. The van der Waals surface area contributed by atoms with Gasteiger partial charge in [-0.3, -0.25) is 4.79 Å². The Labute approximate surface area is 165 Å². The van der Waals surface area contributed by atoms with E-state index in [1.165, 1.54) is 37.7 Å². The van der Waals surface area contributed by atoms with E-state index < -0.39 is 0 Å². The smallest absolute Gasteiger partial charge is 0.253 e. The fraction of sp³-hybridized carbons (Fsp3) is 0.684. The van der Waals surface area contributed by atoms with E-state index in [4.69, 9.17) is 0 Å². The van der Waals surface area contributed by atoms with Crippen LogP contribution in [0.15, 0.2) is 5.16 Å². The van der Waals surface area contributed by atoms with E-state index >= 15 is 0 Å². The Kier molecular flexibility index (Phi) is 6.70. The second-order valence-corrected chi connectivity index (χ2v) is 8.25. The van der Waals surface area contributed by atoms with E-state index in [0.717, 1.165) is 42.4 Å². The number of likely N-dealkylation sites (tertiary alicyclic amines) is 1. The van der Waals surface area contributed by atoms with Crippen molar-refractivity contribution in [3.05, 3.63) is 17.0 Å². The molecule has 0 saturated carbocycles. The number of aromatic nitrogens is 4. The van der Waals surface area contributed by atoms with E-state index in [1.54, 1.807) is 4.52 Å². The van der Waals surface area contributed by atoms with Crippen LogP contribution in [0.5, 0.6) is 0 Å². The van der Waals surface area contributed by atoms with Gasteiger partial charge in [-0.15, -0.1) is 5.10 Å². The molecule has 7 nitrogen and oxygen atoms in total. The van der Waals surface area contributed by atoms with Crippen molar-refractivity contribution in [3.63, 3.8) is 0 Å². The number of nitrogens with zero attached hydrogens (tertiary/aromatic N) is 5. The van der Waals surface area contributed by atoms with E-state index in [-0.39, 0.29) is 5.91 Å². The highest BCUT2D eigenvalue weighted by atomic mass is 32.2. The molecule has 1 N–H and O–H groups in total. The number of carbonyl (C=O) groups is 1. The Morgan fingerprint density at radius 3 is 2.70 bits per heavy atom. The molecule has 0 aliphatic carbocycles. The normalized spacial score (nSPS) is 16.1. The zero-order chi connectivity index (χ0) is 19.4. The number of fused-ring (bicyclic) bond motifs is 1. The summed E-state index contributed by atoms with van der Waals surface area (Å²) < 4.78 is 1.73. The minimum absolute atomic E-state index is 0.0415. The molecule has 0 atom stereocenters. The van der Waals surface area contributed by atoms with Gasteiger partial charge in [-0.05, 0) is 64.9 Å². The van der Waals surface area contributed by atoms with Crippen LogP contribution >= 0.6 is 11.8 Å². The van der Waals surface area contributed by atoms with Crippen LogP contribution in [0.4, 0.5) is 0 Å². The zero-order valence-corrected chi connectivity index (χ0v) is 17.6. The highest BCUT2D eigenvalue weighted by Crippen LogP contribution is 2.17. The van der Waals surface area contributed by atoms with Crippen LogP contribution in [-0.2, 0) is 11.2 Å². The van der Waals surface area contributed by atoms with Gasteiger partial charge in [0.15, 0.2) is 0 Å². The lowest BCUT2D eigenvalue weighted by Gasteiger charge is -2.30. The quantitative estimate of drug-likeness (QED) is 0.577. The Hall–Kier alpha value is -1.67. The number of nitrogens with one attached hydrogen (secondary N) is 1. The molecular formula is C19H30N6OS. The average Bonchev–Trinajstić information content (AvgIpc) is 3.07. The SMILES string of the molecule is CSc1nc2nc(C)c(CC(=O)NCCCN3CCC(C)CC3)c(C)n2n1. The molecule has 1 fully saturated rings. The molecule has 27 heavy (non-hydrogen) atoms. The molecule has 3 rings (SSSR count). The van der Waals surface area contributed by atoms with Crippen LogP contribution in [0, 0.1) is 19.8 Å². The summed E-state index contributed by atoms with van der Waals surface area (Å²) in [5.74, 6) is 1.49. The van der Waals surface area contributed by atoms with Crippen molar-refractivity contribution >= 4 is 23.4 Å². The number of hydrogen-bond acceptors (Lipinski definition) is 6. The summed E-state index contributed by atoms with van der Waals surface area (Å²) in [6.45, 7) is 10.4. The fourth-order valence-electron chi connectivity index (χ4n) is 3.57. The van der Waals surface area contributed by atoms with Crippen molar-refractivity contribution in [2.75, 3.05) is 32.4 Å². The molecule has 1 saturated heterocycles. The molecule has 1 amide bonds. The molecule has 0 spiro atoms. The molecule has 0 radical (unpaired) electrons. The van der Waals surface area contributed by atoms with Crippen LogP contribution in [0.1, 0.15) is 43.1 Å². The van der Waals surface area contributed by atoms with Crippen molar-refractivity contribution in [1.29, 1.82) is 0 Å². The summed E-state index contributed by atoms with van der Waals surface area (Å²) in [5, 5.41) is 8.19. The average molecular weight is 391 g/mol. The standard InChI is InChI=1S/C19H30N6OS/c1-13-6-10-24(11-7-13)9-5-8-20-17(26)12-16-14(2)21-18-22-19(27-4)23-25(18)15(16)3/h13H,5-12H2,1-4H3,(H,20,26). The molecule has 1 aliphatic rings. The molecule has 0 bridgehead atoms. The molecule has 0 unspecified atom stereocenters. The third kappa shape index (κ3) is 4.99. The van der Waals surface area contributed by atoms with E-state index in [9.17, 15) is 4.79 Å². The number of amides is 1. The van der Waals surface area contributed by atoms with Crippen molar-refractivity contribution in [1.82, 2.24) is 29.8 Å². The molecular weight excluding hydrogens is 360 g/mol. The van der Waals surface area contributed by atoms with Gasteiger partial charge in [0.2, 0.25) is 11.1 Å². The third-order valence-corrected chi connectivity index (χ3v) is 5.94. The number of hydrogen-bond donors (Lipinski definition) is 1. The van der Waals surface area contributed by atoms with Gasteiger partial charge in [-0.1, -0.05) is 18.7 Å². The Morgan fingerprint density at radius 1 is 1.26 bits per heavy atom. The lowest BCUT2D eigenvalue weighted by Crippen LogP contribution is -2.35. The Morgan fingerprint density at radius 2 is 2.00 bits per heavy atom. The lowest BCUT2D eigenvalue weighted by molar-refractivity contribution is -0.120. The molecule has 2 aromatic heterocycles. The lowest BCUT2D eigenvalue weighted by atomic mass is 9.99. The topological polar surface area (TPSA) is 75.4 Å². The molecule has 8 heteroatoms. The first-order valence-corrected chi connectivity index (χ1v) is 11.0. The minimum atomic E-state index is 0.0415. The maximum atomic E-state index is 12.4. The van der Waals surface area contributed by atoms with E-state index in [1.807, 2.05) is 20.1 Å². The first-order valence-electron chi connectivity index (χ1n) is 9.73. The predicted octanol–water partition coefficient (Wildman–Crippen LogP) is 2.24. The molecule has 2 aromatic rings. The molecule has 0 aromatic carbocycles.